The Balaban J connectivity index is 3.21. The van der Waals surface area contributed by atoms with E-state index in [1.54, 1.807) is 0 Å². The summed E-state index contributed by atoms with van der Waals surface area (Å²) in [4.78, 5) is 14.9. The van der Waals surface area contributed by atoms with Gasteiger partial charge >= 0.3 is 5.97 Å². The number of nitrogens with zero attached hydrogens (tertiary/aromatic N) is 1. The van der Waals surface area contributed by atoms with E-state index < -0.39 is 18.0 Å². The lowest BCUT2D eigenvalue weighted by atomic mass is 10.1. The largest absolute Gasteiger partial charge is 0.465 e. The van der Waals surface area contributed by atoms with Crippen LogP contribution in [-0.4, -0.2) is 18.1 Å². The maximum Gasteiger partial charge on any atom is 0.339 e. The van der Waals surface area contributed by atoms with Crippen LogP contribution in [0, 0.1) is 0 Å². The Morgan fingerprint density at radius 1 is 1.67 bits per heavy atom. The molecule has 2 N–H and O–H groups in total. The fourth-order valence-corrected chi connectivity index (χ4v) is 1.09. The van der Waals surface area contributed by atoms with Crippen molar-refractivity contribution in [3.63, 3.8) is 0 Å². The van der Waals surface area contributed by atoms with Crippen molar-refractivity contribution in [2.75, 3.05) is 7.11 Å². The maximum atomic E-state index is 12.6. The molecule has 1 rings (SSSR count). The summed E-state index contributed by atoms with van der Waals surface area (Å²) in [7, 11) is 1.12. The lowest BCUT2D eigenvalue weighted by Crippen LogP contribution is -2.09. The van der Waals surface area contributed by atoms with Crippen molar-refractivity contribution in [1.29, 1.82) is 0 Å². The molecule has 0 unspecified atom stereocenters. The van der Waals surface area contributed by atoms with Gasteiger partial charge in [-0.1, -0.05) is 0 Å². The number of methoxy groups -OCH3 is 1. The van der Waals surface area contributed by atoms with Gasteiger partial charge in [0.2, 0.25) is 0 Å². The number of hydrogen-bond acceptors (Lipinski definition) is 4. The molecule has 0 aliphatic rings. The molecule has 0 fully saturated rings. The normalized spacial score (nSPS) is 10.5. The highest BCUT2D eigenvalue weighted by Gasteiger charge is 2.19. The predicted molar refractivity (Wildman–Crippen MR) is 48.4 cm³/mol. The highest BCUT2D eigenvalue weighted by Crippen LogP contribution is 2.23. The summed E-state index contributed by atoms with van der Waals surface area (Å²) in [5.41, 5.74) is 4.92. The minimum absolute atomic E-state index is 0.0428. The zero-order valence-electron chi connectivity index (χ0n) is 8.04. The Morgan fingerprint density at radius 2 is 2.33 bits per heavy atom. The number of aromatic nitrogens is 1. The van der Waals surface area contributed by atoms with Gasteiger partial charge < -0.3 is 10.5 Å². The molecular weight excluding hydrogens is 206 g/mol. The minimum Gasteiger partial charge on any atom is -0.465 e. The summed E-state index contributed by atoms with van der Waals surface area (Å²) in [6, 6.07) is 1.11. The number of esters is 1. The molecule has 15 heavy (non-hydrogen) atoms. The molecule has 1 aromatic heterocycles. The van der Waals surface area contributed by atoms with Gasteiger partial charge in [-0.25, -0.2) is 13.6 Å². The number of carbonyl (C=O) groups is 1. The van der Waals surface area contributed by atoms with Crippen molar-refractivity contribution in [3.05, 3.63) is 29.1 Å². The highest BCUT2D eigenvalue weighted by molar-refractivity contribution is 5.90. The van der Waals surface area contributed by atoms with Crippen LogP contribution in [0.3, 0.4) is 0 Å². The first-order valence-corrected chi connectivity index (χ1v) is 4.15. The number of alkyl halides is 2. The van der Waals surface area contributed by atoms with Crippen LogP contribution in [0.15, 0.2) is 12.3 Å². The third kappa shape index (κ3) is 2.47. The fourth-order valence-electron chi connectivity index (χ4n) is 1.09. The molecule has 82 valence electrons. The molecule has 1 aromatic rings. The minimum atomic E-state index is -2.76. The van der Waals surface area contributed by atoms with Crippen molar-refractivity contribution in [3.8, 4) is 0 Å². The van der Waals surface area contributed by atoms with E-state index in [0.717, 1.165) is 19.4 Å². The molecule has 0 aromatic carbocycles. The Hall–Kier alpha value is -1.56. The van der Waals surface area contributed by atoms with Gasteiger partial charge in [-0.2, -0.15) is 0 Å². The van der Waals surface area contributed by atoms with Crippen LogP contribution in [0.5, 0.6) is 0 Å². The van der Waals surface area contributed by atoms with E-state index in [9.17, 15) is 13.6 Å². The van der Waals surface area contributed by atoms with Crippen molar-refractivity contribution < 1.29 is 18.3 Å². The Morgan fingerprint density at radius 3 is 2.80 bits per heavy atom. The van der Waals surface area contributed by atoms with E-state index in [1.807, 2.05) is 0 Å². The molecule has 0 amide bonds. The third-order valence-corrected chi connectivity index (χ3v) is 1.84. The van der Waals surface area contributed by atoms with Crippen LogP contribution in [0.25, 0.3) is 0 Å². The molecule has 4 nitrogen and oxygen atoms in total. The van der Waals surface area contributed by atoms with E-state index >= 15 is 0 Å². The molecule has 0 saturated carbocycles. The fraction of sp³-hybridized carbons (Fsp3) is 0.333. The van der Waals surface area contributed by atoms with Crippen molar-refractivity contribution in [1.82, 2.24) is 4.98 Å². The van der Waals surface area contributed by atoms with Crippen LogP contribution in [0.2, 0.25) is 0 Å². The van der Waals surface area contributed by atoms with Crippen LogP contribution in [0.1, 0.15) is 28.0 Å². The van der Waals surface area contributed by atoms with E-state index in [1.165, 1.54) is 0 Å². The molecule has 0 atom stereocenters. The van der Waals surface area contributed by atoms with Gasteiger partial charge in [0, 0.05) is 18.3 Å². The second-order valence-electron chi connectivity index (χ2n) is 2.76. The molecule has 0 aliphatic heterocycles. The number of hydrogen-bond donors (Lipinski definition) is 1. The highest BCUT2D eigenvalue weighted by atomic mass is 19.3. The first kappa shape index (κ1) is 11.5. The average molecular weight is 216 g/mol. The average Bonchev–Trinajstić information content (AvgIpc) is 2.27. The summed E-state index contributed by atoms with van der Waals surface area (Å²) in [6.45, 7) is 0.0428. The summed E-state index contributed by atoms with van der Waals surface area (Å²) in [5, 5.41) is 0. The Kier molecular flexibility index (Phi) is 3.68. The monoisotopic (exact) mass is 216 g/mol. The summed E-state index contributed by atoms with van der Waals surface area (Å²) in [5.74, 6) is -0.832. The van der Waals surface area contributed by atoms with Gasteiger partial charge in [0.15, 0.2) is 0 Å². The zero-order chi connectivity index (χ0) is 11.4. The molecule has 1 heterocycles. The van der Waals surface area contributed by atoms with Crippen LogP contribution < -0.4 is 5.73 Å². The van der Waals surface area contributed by atoms with Gasteiger partial charge in [-0.05, 0) is 6.07 Å². The number of carbonyl (C=O) groups excluding carboxylic acids is 1. The van der Waals surface area contributed by atoms with Gasteiger partial charge in [0.05, 0.1) is 18.4 Å². The first-order valence-electron chi connectivity index (χ1n) is 4.15. The Bertz CT molecular complexity index is 369. The SMILES string of the molecule is COC(=O)c1cnc(CN)cc1C(F)F. The zero-order valence-corrected chi connectivity index (χ0v) is 8.04. The van der Waals surface area contributed by atoms with Gasteiger partial charge in [-0.15, -0.1) is 0 Å². The molecule has 0 spiro atoms. The molecule has 0 radical (unpaired) electrons. The lowest BCUT2D eigenvalue weighted by molar-refractivity contribution is 0.0588. The van der Waals surface area contributed by atoms with Crippen LogP contribution in [0.4, 0.5) is 8.78 Å². The molecular formula is C9H10F2N2O2. The van der Waals surface area contributed by atoms with Crippen LogP contribution >= 0.6 is 0 Å². The first-order chi connectivity index (χ1) is 7.10. The van der Waals surface area contributed by atoms with E-state index in [4.69, 9.17) is 5.73 Å². The number of nitrogens with two attached hydrogens (primary N) is 1. The summed E-state index contributed by atoms with van der Waals surface area (Å²) in [6.07, 6.45) is -1.71. The smallest absolute Gasteiger partial charge is 0.339 e. The molecule has 0 saturated heterocycles. The van der Waals surface area contributed by atoms with Crippen molar-refractivity contribution in [2.24, 2.45) is 5.73 Å². The summed E-state index contributed by atoms with van der Waals surface area (Å²) < 4.78 is 29.5. The van der Waals surface area contributed by atoms with Crippen molar-refractivity contribution in [2.45, 2.75) is 13.0 Å². The van der Waals surface area contributed by atoms with Gasteiger partial charge in [-0.3, -0.25) is 4.98 Å². The number of pyridine rings is 1. The quantitative estimate of drug-likeness (QED) is 0.772. The summed E-state index contributed by atoms with van der Waals surface area (Å²) >= 11 is 0. The second-order valence-corrected chi connectivity index (χ2v) is 2.76. The number of halogens is 2. The van der Waals surface area contributed by atoms with E-state index in [2.05, 4.69) is 9.72 Å². The lowest BCUT2D eigenvalue weighted by Gasteiger charge is -2.07. The predicted octanol–water partition coefficient (Wildman–Crippen LogP) is 1.26. The maximum absolute atomic E-state index is 12.6. The third-order valence-electron chi connectivity index (χ3n) is 1.84. The van der Waals surface area contributed by atoms with Crippen molar-refractivity contribution >= 4 is 5.97 Å². The number of rotatable bonds is 3. The molecule has 0 aliphatic carbocycles. The molecule has 6 heteroatoms. The standard InChI is InChI=1S/C9H10F2N2O2/c1-15-9(14)7-4-13-5(3-12)2-6(7)8(10)11/h2,4,8H,3,12H2,1H3. The molecule has 0 bridgehead atoms. The number of ether oxygens (including phenoxy) is 1. The van der Waals surface area contributed by atoms with E-state index in [0.29, 0.717) is 5.69 Å². The van der Waals surface area contributed by atoms with Gasteiger partial charge in [0.25, 0.3) is 6.43 Å². The topological polar surface area (TPSA) is 65.2 Å². The van der Waals surface area contributed by atoms with E-state index in [-0.39, 0.29) is 12.1 Å². The second kappa shape index (κ2) is 4.79. The van der Waals surface area contributed by atoms with Gasteiger partial charge in [0.1, 0.15) is 0 Å². The van der Waals surface area contributed by atoms with Crippen LogP contribution in [-0.2, 0) is 11.3 Å². The Labute approximate surface area is 85.1 Å².